The number of nitrogens with zero attached hydrogens (tertiary/aromatic N) is 5. The molecule has 0 aliphatic carbocycles. The first-order valence-electron chi connectivity index (χ1n) is 20.1. The normalized spacial score (nSPS) is 23.3. The van der Waals surface area contributed by atoms with Gasteiger partial charge in [-0.3, -0.25) is 34.3 Å². The average Bonchev–Trinajstić information content (AvgIpc) is 3.96. The lowest BCUT2D eigenvalue weighted by Crippen LogP contribution is -2.63. The van der Waals surface area contributed by atoms with Crippen molar-refractivity contribution in [1.29, 1.82) is 5.26 Å². The first kappa shape index (κ1) is 42.0. The highest BCUT2D eigenvalue weighted by atomic mass is 32.2. The lowest BCUT2D eigenvalue weighted by atomic mass is 9.93. The predicted molar refractivity (Wildman–Crippen MR) is 222 cm³/mol. The van der Waals surface area contributed by atoms with Gasteiger partial charge in [0.15, 0.2) is 0 Å². The van der Waals surface area contributed by atoms with Crippen molar-refractivity contribution >= 4 is 58.1 Å². The molecule has 0 radical (unpaired) electrons. The first-order valence-corrected chi connectivity index (χ1v) is 21.0. The van der Waals surface area contributed by atoms with E-state index in [-0.39, 0.29) is 59.1 Å². The molecule has 4 atom stereocenters. The van der Waals surface area contributed by atoms with Crippen molar-refractivity contribution in [3.63, 3.8) is 0 Å². The molecule has 3 aromatic rings. The number of benzene rings is 3. The van der Waals surface area contributed by atoms with Crippen LogP contribution < -0.4 is 25.8 Å². The van der Waals surface area contributed by atoms with Gasteiger partial charge in [0.25, 0.3) is 5.91 Å². The topological polar surface area (TPSA) is 141 Å². The Morgan fingerprint density at radius 2 is 1.76 bits per heavy atom. The lowest BCUT2D eigenvalue weighted by molar-refractivity contribution is -0.138. The number of alkyl halides is 3. The fourth-order valence-corrected chi connectivity index (χ4v) is 9.78. The molecule has 4 aliphatic rings. The number of fused-ring (bicyclic) bond motifs is 1. The quantitative estimate of drug-likeness (QED) is 0.148. The second-order valence-electron chi connectivity index (χ2n) is 16.2. The van der Waals surface area contributed by atoms with Gasteiger partial charge in [0, 0.05) is 54.8 Å². The van der Waals surface area contributed by atoms with Crippen LogP contribution >= 0.6 is 11.8 Å². The van der Waals surface area contributed by atoms with E-state index in [1.165, 1.54) is 33.9 Å². The van der Waals surface area contributed by atoms with Gasteiger partial charge in [0.1, 0.15) is 22.3 Å². The summed E-state index contributed by atoms with van der Waals surface area (Å²) in [6.07, 6.45) is -1.39. The van der Waals surface area contributed by atoms with E-state index in [9.17, 15) is 37.6 Å². The van der Waals surface area contributed by atoms with E-state index < -0.39 is 28.9 Å². The van der Waals surface area contributed by atoms with Crippen LogP contribution in [0.25, 0.3) is 0 Å². The summed E-state index contributed by atoms with van der Waals surface area (Å²) < 4.78 is 41.4. The number of aryl methyl sites for hydroxylation is 2. The molecule has 0 spiro atoms. The molecule has 4 saturated heterocycles. The zero-order valence-electron chi connectivity index (χ0n) is 33.6. The lowest BCUT2D eigenvalue weighted by Gasteiger charge is -2.46. The summed E-state index contributed by atoms with van der Waals surface area (Å²) in [5.41, 5.74) is 2.24. The van der Waals surface area contributed by atoms with E-state index in [1.54, 1.807) is 24.3 Å². The average molecular weight is 831 g/mol. The van der Waals surface area contributed by atoms with Crippen molar-refractivity contribution in [1.82, 2.24) is 15.1 Å². The molecule has 312 valence electrons. The number of imide groups is 1. The van der Waals surface area contributed by atoms with Crippen molar-refractivity contribution in [3.8, 4) is 6.07 Å². The summed E-state index contributed by atoms with van der Waals surface area (Å²) in [5.74, 6) is -1.04. The summed E-state index contributed by atoms with van der Waals surface area (Å²) >= 11 is 1.52. The first-order chi connectivity index (χ1) is 28.1. The second kappa shape index (κ2) is 16.9. The number of piperidine rings is 1. The Bertz CT molecular complexity index is 2180. The van der Waals surface area contributed by atoms with Gasteiger partial charge < -0.3 is 20.4 Å². The van der Waals surface area contributed by atoms with Gasteiger partial charge in [-0.05, 0) is 113 Å². The standard InChI is InChI=1S/C43H49F3N8O4S/c1-5-27-20-33(54-40-39(59-40)53(41(58)42(54,3)4)32-13-12-29(23-47)34(22-32)43(44,45)46)14-11-28(27)8-7-17-51-18-19-52(26(2)24-51)25-37(56)49-31-10-6-9-30(21-31)48-35-15-16-36(55)50-38(35)57/h6,9-14,20-22,26,35,39-40,48H,5,7-8,15-19,24-25H2,1-4H3,(H,49,56)(H,50,55,57)/t26-,35?,39?,40?/m0/s1. The number of hydrogen-bond donors (Lipinski definition) is 3. The molecule has 4 heterocycles. The van der Waals surface area contributed by atoms with Crippen LogP contribution in [0.1, 0.15) is 69.2 Å². The number of carbonyl (C=O) groups is 4. The van der Waals surface area contributed by atoms with Crippen molar-refractivity contribution in [2.45, 2.75) is 94.3 Å². The third kappa shape index (κ3) is 9.07. The fourth-order valence-electron chi connectivity index (χ4n) is 8.49. The van der Waals surface area contributed by atoms with Crippen molar-refractivity contribution in [2.24, 2.45) is 0 Å². The summed E-state index contributed by atoms with van der Waals surface area (Å²) in [6.45, 7) is 11.5. The molecule has 0 bridgehead atoms. The van der Waals surface area contributed by atoms with Gasteiger partial charge >= 0.3 is 6.18 Å². The maximum Gasteiger partial charge on any atom is 0.417 e. The second-order valence-corrected chi connectivity index (χ2v) is 17.4. The zero-order valence-corrected chi connectivity index (χ0v) is 34.4. The van der Waals surface area contributed by atoms with E-state index in [4.69, 9.17) is 0 Å². The van der Waals surface area contributed by atoms with Gasteiger partial charge in [-0.2, -0.15) is 18.4 Å². The number of hydrogen-bond acceptors (Lipinski definition) is 10. The van der Waals surface area contributed by atoms with Gasteiger partial charge in [0.05, 0.1) is 23.7 Å². The van der Waals surface area contributed by atoms with E-state index in [0.29, 0.717) is 17.8 Å². The molecule has 3 aromatic carbocycles. The maximum absolute atomic E-state index is 14.0. The molecule has 0 aromatic heterocycles. The van der Waals surface area contributed by atoms with Crippen LogP contribution in [0.15, 0.2) is 60.7 Å². The Morgan fingerprint density at radius 3 is 2.47 bits per heavy atom. The molecule has 0 saturated carbocycles. The molecule has 3 unspecified atom stereocenters. The van der Waals surface area contributed by atoms with Crippen LogP contribution in [-0.2, 0) is 38.2 Å². The monoisotopic (exact) mass is 830 g/mol. The number of halogens is 3. The van der Waals surface area contributed by atoms with E-state index in [2.05, 4.69) is 62.7 Å². The summed E-state index contributed by atoms with van der Waals surface area (Å²) in [6, 6.07) is 18.3. The van der Waals surface area contributed by atoms with E-state index in [0.717, 1.165) is 63.3 Å². The molecule has 12 nitrogen and oxygen atoms in total. The highest BCUT2D eigenvalue weighted by molar-refractivity contribution is 8.08. The molecule has 4 amide bonds. The number of thioether (sulfide) groups is 1. The minimum absolute atomic E-state index is 0.116. The number of carbonyl (C=O) groups excluding carboxylic acids is 4. The fraction of sp³-hybridized carbons (Fsp3) is 0.465. The Kier molecular flexibility index (Phi) is 12.0. The Hall–Kier alpha value is -5.11. The van der Waals surface area contributed by atoms with Crippen LogP contribution in [0.4, 0.5) is 35.9 Å². The highest BCUT2D eigenvalue weighted by Gasteiger charge is 2.61. The zero-order chi connectivity index (χ0) is 42.2. The van der Waals surface area contributed by atoms with Crippen LogP contribution in [0.5, 0.6) is 0 Å². The smallest absolute Gasteiger partial charge is 0.374 e. The van der Waals surface area contributed by atoms with Crippen LogP contribution in [-0.4, -0.2) is 94.5 Å². The van der Waals surface area contributed by atoms with Crippen LogP contribution in [0, 0.1) is 11.3 Å². The van der Waals surface area contributed by atoms with Crippen LogP contribution in [0.2, 0.25) is 0 Å². The van der Waals surface area contributed by atoms with Gasteiger partial charge in [-0.1, -0.05) is 19.1 Å². The van der Waals surface area contributed by atoms with E-state index in [1.807, 2.05) is 19.9 Å². The molecule has 59 heavy (non-hydrogen) atoms. The van der Waals surface area contributed by atoms with Crippen molar-refractivity contribution in [3.05, 3.63) is 82.9 Å². The Labute approximate surface area is 346 Å². The van der Waals surface area contributed by atoms with Gasteiger partial charge in [0.2, 0.25) is 17.7 Å². The molecule has 3 N–H and O–H groups in total. The third-order valence-corrected chi connectivity index (χ3v) is 12.9. The van der Waals surface area contributed by atoms with Crippen molar-refractivity contribution in [2.75, 3.05) is 53.2 Å². The molecule has 16 heteroatoms. The third-order valence-electron chi connectivity index (χ3n) is 11.7. The van der Waals surface area contributed by atoms with Crippen LogP contribution in [0.3, 0.4) is 0 Å². The van der Waals surface area contributed by atoms with E-state index >= 15 is 0 Å². The summed E-state index contributed by atoms with van der Waals surface area (Å²) in [4.78, 5) is 58.9. The summed E-state index contributed by atoms with van der Waals surface area (Å²) in [5, 5.41) is 17.3. The number of nitriles is 1. The maximum atomic E-state index is 14.0. The molecular weight excluding hydrogens is 782 g/mol. The molecule has 4 aliphatic heterocycles. The molecule has 7 rings (SSSR count). The number of piperazine rings is 2. The largest absolute Gasteiger partial charge is 0.417 e. The SMILES string of the molecule is CCc1cc(N2C3SC3N(c3ccc(C#N)c(C(F)(F)F)c3)C(=O)C2(C)C)ccc1CCCN1CCN(CC(=O)Nc2cccc(NC3CCC(=O)NC3=O)c2)[C@@H](C)C1. The summed E-state index contributed by atoms with van der Waals surface area (Å²) in [7, 11) is 0. The molecule has 4 fully saturated rings. The highest BCUT2D eigenvalue weighted by Crippen LogP contribution is 2.56. The van der Waals surface area contributed by atoms with Crippen molar-refractivity contribution < 1.29 is 32.3 Å². The minimum Gasteiger partial charge on any atom is -0.374 e. The number of anilines is 4. The van der Waals surface area contributed by atoms with Gasteiger partial charge in [-0.15, -0.1) is 11.8 Å². The molecular formula is C43H49F3N8O4S. The van der Waals surface area contributed by atoms with Gasteiger partial charge in [-0.25, -0.2) is 0 Å². The Balaban J connectivity index is 0.903. The minimum atomic E-state index is -4.72. The number of amides is 4. The Morgan fingerprint density at radius 1 is 1.00 bits per heavy atom. The predicted octanol–water partition coefficient (Wildman–Crippen LogP) is 5.96. The number of rotatable bonds is 12. The number of nitrogens with one attached hydrogen (secondary N) is 3.